The highest BCUT2D eigenvalue weighted by atomic mass is 16.6. The first-order valence-electron chi connectivity index (χ1n) is 11.5. The number of amides is 1. The molecule has 0 spiro atoms. The van der Waals surface area contributed by atoms with Gasteiger partial charge in [0.25, 0.3) is 0 Å². The molecule has 1 amide bonds. The van der Waals surface area contributed by atoms with Crippen LogP contribution in [0.5, 0.6) is 0 Å². The lowest BCUT2D eigenvalue weighted by atomic mass is 10.1. The summed E-state index contributed by atoms with van der Waals surface area (Å²) in [5, 5.41) is 7.74. The Labute approximate surface area is 200 Å². The van der Waals surface area contributed by atoms with Crippen LogP contribution in [0.3, 0.4) is 0 Å². The van der Waals surface area contributed by atoms with Crippen LogP contribution in [0.1, 0.15) is 45.2 Å². The van der Waals surface area contributed by atoms with Crippen LogP contribution in [0, 0.1) is 0 Å². The largest absolute Gasteiger partial charge is 0.444 e. The van der Waals surface area contributed by atoms with Crippen molar-refractivity contribution >= 4 is 17.7 Å². The van der Waals surface area contributed by atoms with E-state index in [1.54, 1.807) is 24.3 Å². The van der Waals surface area contributed by atoms with Crippen LogP contribution in [0.15, 0.2) is 48.9 Å². The Balaban J connectivity index is 1.39. The van der Waals surface area contributed by atoms with Crippen LogP contribution in [0.25, 0.3) is 11.3 Å². The molecule has 4 rings (SSSR count). The van der Waals surface area contributed by atoms with E-state index in [4.69, 9.17) is 9.47 Å². The Hall–Kier alpha value is -3.46. The molecule has 9 nitrogen and oxygen atoms in total. The molecule has 0 saturated carbocycles. The SMILES string of the molecule is CN(Cc1ccc(-c2ccnc(Nc3cnn(C4CCOCC4)c3)n2)cc1)C(=O)OC(C)(C)C. The highest BCUT2D eigenvalue weighted by molar-refractivity contribution is 5.68. The van der Waals surface area contributed by atoms with Gasteiger partial charge in [-0.25, -0.2) is 14.8 Å². The van der Waals surface area contributed by atoms with E-state index >= 15 is 0 Å². The molecule has 1 N–H and O–H groups in total. The van der Waals surface area contributed by atoms with Crippen molar-refractivity contribution in [3.8, 4) is 11.3 Å². The van der Waals surface area contributed by atoms with E-state index in [1.807, 2.05) is 62.0 Å². The highest BCUT2D eigenvalue weighted by Crippen LogP contribution is 2.24. The van der Waals surface area contributed by atoms with Gasteiger partial charge >= 0.3 is 6.09 Å². The summed E-state index contributed by atoms with van der Waals surface area (Å²) in [6, 6.07) is 10.2. The minimum atomic E-state index is -0.516. The lowest BCUT2D eigenvalue weighted by Gasteiger charge is -2.24. The number of nitrogens with one attached hydrogen (secondary N) is 1. The molecular formula is C25H32N6O3. The summed E-state index contributed by atoms with van der Waals surface area (Å²) in [6.07, 6.45) is 7.11. The summed E-state index contributed by atoms with van der Waals surface area (Å²) in [5.41, 5.74) is 3.11. The van der Waals surface area contributed by atoms with E-state index in [0.29, 0.717) is 18.5 Å². The van der Waals surface area contributed by atoms with Gasteiger partial charge in [0.05, 0.1) is 23.6 Å². The maximum atomic E-state index is 12.2. The molecule has 1 aliphatic rings. The topological polar surface area (TPSA) is 94.4 Å². The number of rotatable bonds is 6. The fourth-order valence-corrected chi connectivity index (χ4v) is 3.72. The van der Waals surface area contributed by atoms with Crippen molar-refractivity contribution in [2.75, 3.05) is 25.6 Å². The van der Waals surface area contributed by atoms with Gasteiger partial charge in [-0.15, -0.1) is 0 Å². The summed E-state index contributed by atoms with van der Waals surface area (Å²) in [7, 11) is 1.73. The monoisotopic (exact) mass is 464 g/mol. The average molecular weight is 465 g/mol. The zero-order chi connectivity index (χ0) is 24.1. The lowest BCUT2D eigenvalue weighted by Crippen LogP contribution is -2.33. The Morgan fingerprint density at radius 2 is 1.94 bits per heavy atom. The Kier molecular flexibility index (Phi) is 7.12. The second-order valence-corrected chi connectivity index (χ2v) is 9.48. The lowest BCUT2D eigenvalue weighted by molar-refractivity contribution is 0.0285. The first-order chi connectivity index (χ1) is 16.3. The van der Waals surface area contributed by atoms with E-state index < -0.39 is 5.60 Å². The van der Waals surface area contributed by atoms with Crippen molar-refractivity contribution in [1.29, 1.82) is 0 Å². The van der Waals surface area contributed by atoms with E-state index in [0.717, 1.165) is 48.6 Å². The highest BCUT2D eigenvalue weighted by Gasteiger charge is 2.20. The number of anilines is 2. The predicted octanol–water partition coefficient (Wildman–Crippen LogP) is 4.80. The normalized spacial score (nSPS) is 14.6. The summed E-state index contributed by atoms with van der Waals surface area (Å²) >= 11 is 0. The number of nitrogens with zero attached hydrogens (tertiary/aromatic N) is 5. The average Bonchev–Trinajstić information content (AvgIpc) is 3.28. The zero-order valence-electron chi connectivity index (χ0n) is 20.2. The van der Waals surface area contributed by atoms with Gasteiger partial charge in [-0.05, 0) is 45.2 Å². The quantitative estimate of drug-likeness (QED) is 0.560. The van der Waals surface area contributed by atoms with Gasteiger partial charge in [-0.2, -0.15) is 5.10 Å². The second kappa shape index (κ2) is 10.2. The fraction of sp³-hybridized carbons (Fsp3) is 0.440. The zero-order valence-corrected chi connectivity index (χ0v) is 20.2. The molecule has 1 aliphatic heterocycles. The summed E-state index contributed by atoms with van der Waals surface area (Å²) in [4.78, 5) is 22.8. The number of aromatic nitrogens is 4. The molecule has 0 aliphatic carbocycles. The Bertz CT molecular complexity index is 1100. The summed E-state index contributed by atoms with van der Waals surface area (Å²) in [5.74, 6) is 0.512. The number of ether oxygens (including phenoxy) is 2. The van der Waals surface area contributed by atoms with Crippen LogP contribution in [0.2, 0.25) is 0 Å². The van der Waals surface area contributed by atoms with Crippen LogP contribution >= 0.6 is 0 Å². The number of carbonyl (C=O) groups is 1. The van der Waals surface area contributed by atoms with E-state index in [9.17, 15) is 4.79 Å². The Morgan fingerprint density at radius 1 is 1.21 bits per heavy atom. The standard InChI is InChI=1S/C25H32N6O3/c1-25(2,3)34-24(32)30(4)16-18-5-7-19(8-6-18)22-9-12-26-23(29-22)28-20-15-27-31(17-20)21-10-13-33-14-11-21/h5-9,12,15,17,21H,10-11,13-14,16H2,1-4H3,(H,26,28,29). The van der Waals surface area contributed by atoms with Crippen molar-refractivity contribution in [3.05, 3.63) is 54.5 Å². The van der Waals surface area contributed by atoms with Gasteiger partial charge < -0.3 is 19.7 Å². The molecule has 0 unspecified atom stereocenters. The summed E-state index contributed by atoms with van der Waals surface area (Å²) in [6.45, 7) is 7.58. The molecule has 0 radical (unpaired) electrons. The van der Waals surface area contributed by atoms with Gasteiger partial charge in [-0.1, -0.05) is 24.3 Å². The van der Waals surface area contributed by atoms with Crippen molar-refractivity contribution < 1.29 is 14.3 Å². The molecule has 0 bridgehead atoms. The van der Waals surface area contributed by atoms with E-state index in [1.165, 1.54) is 0 Å². The first-order valence-corrected chi connectivity index (χ1v) is 11.5. The number of carbonyl (C=O) groups excluding carboxylic acids is 1. The first kappa shape index (κ1) is 23.7. The van der Waals surface area contributed by atoms with Crippen LogP contribution in [-0.2, 0) is 16.0 Å². The van der Waals surface area contributed by atoms with Crippen LogP contribution in [0.4, 0.5) is 16.4 Å². The molecule has 34 heavy (non-hydrogen) atoms. The van der Waals surface area contributed by atoms with Crippen molar-refractivity contribution in [1.82, 2.24) is 24.6 Å². The molecule has 1 aromatic carbocycles. The van der Waals surface area contributed by atoms with Gasteiger partial charge in [0.1, 0.15) is 5.60 Å². The van der Waals surface area contributed by atoms with Crippen LogP contribution < -0.4 is 5.32 Å². The maximum Gasteiger partial charge on any atom is 0.410 e. The van der Waals surface area contributed by atoms with Gasteiger partial charge in [-0.3, -0.25) is 4.68 Å². The number of hydrogen-bond acceptors (Lipinski definition) is 7. The maximum absolute atomic E-state index is 12.2. The summed E-state index contributed by atoms with van der Waals surface area (Å²) < 4.78 is 12.8. The molecule has 1 saturated heterocycles. The third-order valence-electron chi connectivity index (χ3n) is 5.45. The molecule has 3 aromatic rings. The molecule has 1 fully saturated rings. The van der Waals surface area contributed by atoms with Crippen molar-refractivity contribution in [3.63, 3.8) is 0 Å². The smallest absolute Gasteiger partial charge is 0.410 e. The molecule has 2 aromatic heterocycles. The van der Waals surface area contributed by atoms with E-state index in [2.05, 4.69) is 20.4 Å². The van der Waals surface area contributed by atoms with Crippen molar-refractivity contribution in [2.45, 2.75) is 51.8 Å². The molecule has 3 heterocycles. The third kappa shape index (κ3) is 6.32. The minimum Gasteiger partial charge on any atom is -0.444 e. The van der Waals surface area contributed by atoms with Gasteiger partial charge in [0.2, 0.25) is 5.95 Å². The third-order valence-corrected chi connectivity index (χ3v) is 5.45. The number of benzene rings is 1. The second-order valence-electron chi connectivity index (χ2n) is 9.48. The number of hydrogen-bond donors (Lipinski definition) is 1. The van der Waals surface area contributed by atoms with Gasteiger partial charge in [0, 0.05) is 44.8 Å². The molecule has 9 heteroatoms. The van der Waals surface area contributed by atoms with Crippen LogP contribution in [-0.4, -0.2) is 56.6 Å². The van der Waals surface area contributed by atoms with E-state index in [-0.39, 0.29) is 6.09 Å². The molecular weight excluding hydrogens is 432 g/mol. The predicted molar refractivity (Wildman–Crippen MR) is 130 cm³/mol. The molecule has 180 valence electrons. The molecule has 0 atom stereocenters. The minimum absolute atomic E-state index is 0.344. The van der Waals surface area contributed by atoms with Crippen molar-refractivity contribution in [2.24, 2.45) is 0 Å². The Morgan fingerprint density at radius 3 is 2.65 bits per heavy atom. The fourth-order valence-electron chi connectivity index (χ4n) is 3.72. The van der Waals surface area contributed by atoms with Gasteiger partial charge in [0.15, 0.2) is 0 Å².